The number of amides is 1. The molecule has 3 aliphatic heterocycles. The van der Waals surface area contributed by atoms with E-state index in [4.69, 9.17) is 0 Å². The number of azo groups is 1. The topological polar surface area (TPSA) is 82.3 Å². The predicted molar refractivity (Wildman–Crippen MR) is 121 cm³/mol. The fourth-order valence-electron chi connectivity index (χ4n) is 4.31. The maximum absolute atomic E-state index is 13.5. The number of alkyl halides is 2. The van der Waals surface area contributed by atoms with Crippen molar-refractivity contribution in [3.63, 3.8) is 0 Å². The molecule has 4 aliphatic rings. The number of allylic oxidation sites excluding steroid dienone is 4. The summed E-state index contributed by atoms with van der Waals surface area (Å²) in [4.78, 5) is 22.7. The van der Waals surface area contributed by atoms with E-state index in [0.717, 1.165) is 22.9 Å². The van der Waals surface area contributed by atoms with Crippen molar-refractivity contribution in [1.29, 1.82) is 0 Å². The molecule has 0 bridgehead atoms. The van der Waals surface area contributed by atoms with Gasteiger partial charge < -0.3 is 5.32 Å². The highest BCUT2D eigenvalue weighted by molar-refractivity contribution is 6.07. The summed E-state index contributed by atoms with van der Waals surface area (Å²) in [6.45, 7) is 0.567. The van der Waals surface area contributed by atoms with Gasteiger partial charge in [-0.05, 0) is 34.8 Å². The first-order valence-electron chi connectivity index (χ1n) is 10.8. The van der Waals surface area contributed by atoms with Gasteiger partial charge in [0, 0.05) is 38.0 Å². The Hall–Kier alpha value is -3.66. The lowest BCUT2D eigenvalue weighted by molar-refractivity contribution is -0.112. The Morgan fingerprint density at radius 3 is 2.94 bits per heavy atom. The summed E-state index contributed by atoms with van der Waals surface area (Å²) in [5.41, 5.74) is 3.93. The third-order valence-electron chi connectivity index (χ3n) is 5.94. The van der Waals surface area contributed by atoms with Crippen molar-refractivity contribution < 1.29 is 18.0 Å². The third kappa shape index (κ3) is 4.81. The third-order valence-corrected chi connectivity index (χ3v) is 5.94. The average Bonchev–Trinajstić information content (AvgIpc) is 3.16. The first-order chi connectivity index (χ1) is 16.4. The van der Waals surface area contributed by atoms with Crippen molar-refractivity contribution in [2.45, 2.75) is 24.8 Å². The molecule has 1 aliphatic carbocycles. The first-order valence-corrected chi connectivity index (χ1v) is 10.8. The highest BCUT2D eigenvalue weighted by Gasteiger charge is 2.38. The fraction of sp³-hybridized carbons (Fsp3) is 0.292. The lowest BCUT2D eigenvalue weighted by Crippen LogP contribution is -2.27. The molecule has 10 heteroatoms. The number of hydrogen-bond donors (Lipinski definition) is 1. The molecule has 0 radical (unpaired) electrons. The van der Waals surface area contributed by atoms with Crippen LogP contribution < -0.4 is 5.32 Å². The number of aromatic nitrogens is 1. The monoisotopic (exact) mass is 466 g/mol. The number of carbonyl (C=O) groups is 1. The van der Waals surface area contributed by atoms with Gasteiger partial charge in [0.15, 0.2) is 0 Å². The van der Waals surface area contributed by atoms with Crippen LogP contribution in [0.1, 0.15) is 12.8 Å². The lowest BCUT2D eigenvalue weighted by Gasteiger charge is -2.23. The standard InChI is InChI=1S/C24H21F3N6O/c25-18-7-19(11-29-10-18)31-23(34)21-12-30-32-22-2-1-16(6-20(21)22)17-5-15(8-28-9-17)13-33-4-3-24(26,27)14-33/h1-2,6-12,22H,3-5,13-14H2,(H,31,34). The van der Waals surface area contributed by atoms with Crippen LogP contribution in [0.2, 0.25) is 0 Å². The van der Waals surface area contributed by atoms with Gasteiger partial charge in [0.05, 0.1) is 36.4 Å². The van der Waals surface area contributed by atoms with Crippen molar-refractivity contribution in [2.24, 2.45) is 15.2 Å². The van der Waals surface area contributed by atoms with Gasteiger partial charge in [0.25, 0.3) is 11.8 Å². The number of nitrogens with one attached hydrogen (secondary N) is 1. The van der Waals surface area contributed by atoms with E-state index in [9.17, 15) is 18.0 Å². The van der Waals surface area contributed by atoms with E-state index < -0.39 is 23.7 Å². The molecule has 1 fully saturated rings. The van der Waals surface area contributed by atoms with Crippen molar-refractivity contribution >= 4 is 17.8 Å². The van der Waals surface area contributed by atoms with E-state index in [0.29, 0.717) is 30.7 Å². The molecule has 1 aromatic heterocycles. The molecule has 0 saturated carbocycles. The van der Waals surface area contributed by atoms with Crippen molar-refractivity contribution in [3.8, 4) is 0 Å². The molecule has 1 unspecified atom stereocenters. The van der Waals surface area contributed by atoms with Crippen LogP contribution in [0.15, 0.2) is 92.2 Å². The first kappa shape index (κ1) is 22.1. The Morgan fingerprint density at radius 1 is 1.26 bits per heavy atom. The normalized spacial score (nSPS) is 25.5. The number of nitrogens with zero attached hydrogens (tertiary/aromatic N) is 5. The summed E-state index contributed by atoms with van der Waals surface area (Å²) in [5.74, 6) is -3.64. The summed E-state index contributed by atoms with van der Waals surface area (Å²) in [7, 11) is 0. The summed E-state index contributed by atoms with van der Waals surface area (Å²) in [6, 6.07) is 0.765. The predicted octanol–water partition coefficient (Wildman–Crippen LogP) is 4.37. The molecule has 1 atom stereocenters. The minimum Gasteiger partial charge on any atom is -0.320 e. The second-order valence-electron chi connectivity index (χ2n) is 8.56. The van der Waals surface area contributed by atoms with E-state index >= 15 is 0 Å². The molecule has 174 valence electrons. The van der Waals surface area contributed by atoms with Crippen LogP contribution in [-0.4, -0.2) is 53.6 Å². The van der Waals surface area contributed by atoms with Gasteiger partial charge in [-0.2, -0.15) is 10.2 Å². The summed E-state index contributed by atoms with van der Waals surface area (Å²) in [6.07, 6.45) is 13.3. The lowest BCUT2D eigenvalue weighted by atomic mass is 9.88. The van der Waals surface area contributed by atoms with Crippen LogP contribution >= 0.6 is 0 Å². The maximum Gasteiger partial charge on any atom is 0.261 e. The zero-order valence-electron chi connectivity index (χ0n) is 18.1. The number of hydrogen-bond acceptors (Lipinski definition) is 6. The Kier molecular flexibility index (Phi) is 5.82. The maximum atomic E-state index is 13.5. The van der Waals surface area contributed by atoms with Crippen LogP contribution in [0.4, 0.5) is 18.9 Å². The van der Waals surface area contributed by atoms with Crippen LogP contribution in [-0.2, 0) is 4.79 Å². The van der Waals surface area contributed by atoms with Gasteiger partial charge in [-0.3, -0.25) is 19.7 Å². The molecule has 4 heterocycles. The quantitative estimate of drug-likeness (QED) is 0.716. The van der Waals surface area contributed by atoms with Gasteiger partial charge in [-0.25, -0.2) is 13.2 Å². The zero-order chi connectivity index (χ0) is 23.7. The second kappa shape index (κ2) is 8.94. The number of anilines is 1. The van der Waals surface area contributed by atoms with Crippen LogP contribution in [0, 0.1) is 5.82 Å². The minimum absolute atomic E-state index is 0.120. The van der Waals surface area contributed by atoms with Gasteiger partial charge in [0.1, 0.15) is 11.9 Å². The Balaban J connectivity index is 1.34. The van der Waals surface area contributed by atoms with E-state index in [1.807, 2.05) is 18.2 Å². The summed E-state index contributed by atoms with van der Waals surface area (Å²) in [5, 5.41) is 10.8. The van der Waals surface area contributed by atoms with Crippen LogP contribution in [0.25, 0.3) is 0 Å². The number of aliphatic imine (C=N–C) groups is 1. The molecule has 0 spiro atoms. The summed E-state index contributed by atoms with van der Waals surface area (Å²) < 4.78 is 40.5. The highest BCUT2D eigenvalue weighted by Crippen LogP contribution is 2.33. The van der Waals surface area contributed by atoms with Gasteiger partial charge in [-0.1, -0.05) is 12.2 Å². The number of pyridine rings is 1. The Morgan fingerprint density at radius 2 is 2.15 bits per heavy atom. The molecular formula is C24H21F3N6O. The molecule has 0 aromatic carbocycles. The number of carbonyl (C=O) groups excluding carboxylic acids is 1. The highest BCUT2D eigenvalue weighted by atomic mass is 19.3. The molecular weight excluding hydrogens is 445 g/mol. The van der Waals surface area contributed by atoms with Crippen LogP contribution in [0.3, 0.4) is 0 Å². The molecule has 34 heavy (non-hydrogen) atoms. The smallest absolute Gasteiger partial charge is 0.261 e. The van der Waals surface area contributed by atoms with E-state index in [2.05, 4.69) is 25.5 Å². The molecule has 1 N–H and O–H groups in total. The zero-order valence-corrected chi connectivity index (χ0v) is 18.1. The Bertz CT molecular complexity index is 1240. The van der Waals surface area contributed by atoms with Gasteiger partial charge >= 0.3 is 0 Å². The minimum atomic E-state index is -2.63. The molecule has 5 rings (SSSR count). The average molecular weight is 466 g/mol. The van der Waals surface area contributed by atoms with Crippen molar-refractivity contribution in [1.82, 2.24) is 9.88 Å². The Labute approximate surface area is 193 Å². The van der Waals surface area contributed by atoms with Crippen molar-refractivity contribution in [2.75, 3.05) is 25.0 Å². The fourth-order valence-corrected chi connectivity index (χ4v) is 4.31. The van der Waals surface area contributed by atoms with Gasteiger partial charge in [0.2, 0.25) is 0 Å². The molecule has 1 aromatic rings. The number of halogens is 3. The number of likely N-dealkylation sites (tertiary alicyclic amines) is 1. The number of rotatable bonds is 4. The SMILES string of the molecule is O=C(Nc1cncc(F)c1)C1=CN=NC2C=CC(=C3C=NC=C(CN4CCC(F)(F)C4)C3)C=C12. The van der Waals surface area contributed by atoms with Gasteiger partial charge in [-0.15, -0.1) is 0 Å². The van der Waals surface area contributed by atoms with Crippen LogP contribution in [0.5, 0.6) is 0 Å². The number of fused-ring (bicyclic) bond motifs is 1. The largest absolute Gasteiger partial charge is 0.320 e. The van der Waals surface area contributed by atoms with E-state index in [1.165, 1.54) is 18.5 Å². The van der Waals surface area contributed by atoms with E-state index in [1.54, 1.807) is 17.3 Å². The molecule has 1 saturated heterocycles. The molecule has 1 amide bonds. The molecule has 7 nitrogen and oxygen atoms in total. The van der Waals surface area contributed by atoms with Crippen molar-refractivity contribution in [3.05, 3.63) is 82.8 Å². The second-order valence-corrected chi connectivity index (χ2v) is 8.56. The summed E-state index contributed by atoms with van der Waals surface area (Å²) >= 11 is 0. The van der Waals surface area contributed by atoms with E-state index in [-0.39, 0.29) is 18.7 Å².